The van der Waals surface area contributed by atoms with Gasteiger partial charge in [-0.3, -0.25) is 0 Å². The summed E-state index contributed by atoms with van der Waals surface area (Å²) in [5.41, 5.74) is 0.692. The Hall–Kier alpha value is -0.410. The van der Waals surface area contributed by atoms with Crippen LogP contribution in [-0.2, 0) is 4.74 Å². The quantitative estimate of drug-likeness (QED) is 0.595. The van der Waals surface area contributed by atoms with Crippen molar-refractivity contribution < 1.29 is 9.47 Å². The van der Waals surface area contributed by atoms with E-state index in [0.717, 1.165) is 0 Å². The summed E-state index contributed by atoms with van der Waals surface area (Å²) in [6, 6.07) is 7.26. The third-order valence-corrected chi connectivity index (χ3v) is 2.69. The second kappa shape index (κ2) is 6.50. The Labute approximate surface area is 116 Å². The Bertz CT molecular complexity index is 374. The maximum atomic E-state index is 5.91. The van der Waals surface area contributed by atoms with E-state index < -0.39 is 9.90 Å². The predicted molar refractivity (Wildman–Crippen MR) is 72.2 cm³/mol. The summed E-state index contributed by atoms with van der Waals surface area (Å²) in [7, 11) is 1.56. The third kappa shape index (κ3) is 4.07. The van der Waals surface area contributed by atoms with Gasteiger partial charge in [0, 0.05) is 5.56 Å². The van der Waals surface area contributed by atoms with Crippen LogP contribution >= 0.6 is 34.8 Å². The molecule has 1 aromatic carbocycles. The zero-order valence-corrected chi connectivity index (χ0v) is 11.6. The minimum absolute atomic E-state index is 0.288. The summed E-state index contributed by atoms with van der Waals surface area (Å²) < 4.78 is 9.14. The highest BCUT2D eigenvalue weighted by Gasteiger charge is 2.36. The van der Waals surface area contributed by atoms with E-state index in [-0.39, 0.29) is 6.61 Å². The summed E-state index contributed by atoms with van der Waals surface area (Å²) in [6.07, 6.45) is 0.889. The molecule has 0 aliphatic rings. The Balaban J connectivity index is 3.07. The normalized spacial score (nSPS) is 13.2. The van der Waals surface area contributed by atoms with E-state index in [1.165, 1.54) is 0 Å². The molecule has 0 heterocycles. The number of methoxy groups -OCH3 is 1. The molecule has 0 fully saturated rings. The number of hydrogen-bond donors (Lipinski definition) is 0. The van der Waals surface area contributed by atoms with E-state index in [1.54, 1.807) is 25.3 Å². The lowest BCUT2D eigenvalue weighted by atomic mass is 10.1. The number of alkyl halides is 3. The fourth-order valence-electron chi connectivity index (χ4n) is 1.41. The fourth-order valence-corrected chi connectivity index (χ4v) is 1.95. The average molecular weight is 296 g/mol. The lowest BCUT2D eigenvalue weighted by Gasteiger charge is -2.25. The van der Waals surface area contributed by atoms with Crippen LogP contribution in [0, 0.1) is 0 Å². The largest absolute Gasteiger partial charge is 0.496 e. The summed E-state index contributed by atoms with van der Waals surface area (Å²) in [4.78, 5) is 0. The van der Waals surface area contributed by atoms with Crippen molar-refractivity contribution in [3.05, 3.63) is 42.5 Å². The predicted octanol–water partition coefficient (Wildman–Crippen LogP) is 4.31. The summed E-state index contributed by atoms with van der Waals surface area (Å²) in [5.74, 6) is 0.618. The molecule has 0 aliphatic heterocycles. The van der Waals surface area contributed by atoms with Crippen LogP contribution in [0.3, 0.4) is 0 Å². The molecule has 5 heteroatoms. The van der Waals surface area contributed by atoms with Gasteiger partial charge in [-0.15, -0.1) is 6.58 Å². The van der Waals surface area contributed by atoms with Crippen molar-refractivity contribution in [2.45, 2.75) is 9.90 Å². The number of halogens is 3. The highest BCUT2D eigenvalue weighted by molar-refractivity contribution is 6.68. The number of ether oxygens (including phenoxy) is 2. The molecule has 1 unspecified atom stereocenters. The molecule has 0 radical (unpaired) electrons. The molecular weight excluding hydrogens is 282 g/mol. The van der Waals surface area contributed by atoms with Crippen molar-refractivity contribution in [3.63, 3.8) is 0 Å². The number of hydrogen-bond acceptors (Lipinski definition) is 2. The van der Waals surface area contributed by atoms with Crippen LogP contribution < -0.4 is 4.74 Å². The molecule has 0 aliphatic carbocycles. The molecule has 0 aromatic heterocycles. The molecule has 1 aromatic rings. The van der Waals surface area contributed by atoms with Crippen LogP contribution in [0.25, 0.3) is 0 Å². The number of para-hydroxylation sites is 1. The van der Waals surface area contributed by atoms with Crippen LogP contribution in [0.1, 0.15) is 11.7 Å². The second-order valence-corrected chi connectivity index (χ2v) is 5.65. The SMILES string of the molecule is C=CCOC(c1ccccc1OC)C(Cl)(Cl)Cl. The van der Waals surface area contributed by atoms with Crippen LogP contribution in [0.5, 0.6) is 5.75 Å². The first kappa shape index (κ1) is 14.7. The van der Waals surface area contributed by atoms with Crippen molar-refractivity contribution in [1.82, 2.24) is 0 Å². The Kier molecular flexibility index (Phi) is 5.60. The second-order valence-electron chi connectivity index (χ2n) is 3.29. The summed E-state index contributed by atoms with van der Waals surface area (Å²) >= 11 is 17.7. The number of rotatable bonds is 5. The molecule has 17 heavy (non-hydrogen) atoms. The van der Waals surface area contributed by atoms with Gasteiger partial charge in [0.2, 0.25) is 3.79 Å². The standard InChI is InChI=1S/C12H13Cl3O2/c1-3-8-17-11(12(13,14)15)9-6-4-5-7-10(9)16-2/h3-7,11H,1,8H2,2H3. The molecule has 94 valence electrons. The molecule has 0 saturated heterocycles. The van der Waals surface area contributed by atoms with E-state index in [2.05, 4.69) is 6.58 Å². The number of benzene rings is 1. The summed E-state index contributed by atoms with van der Waals surface area (Å²) in [5, 5.41) is 0. The smallest absolute Gasteiger partial charge is 0.220 e. The topological polar surface area (TPSA) is 18.5 Å². The first-order valence-corrected chi connectivity index (χ1v) is 6.06. The maximum absolute atomic E-state index is 5.91. The van der Waals surface area contributed by atoms with Crippen molar-refractivity contribution in [2.75, 3.05) is 13.7 Å². The van der Waals surface area contributed by atoms with Crippen molar-refractivity contribution in [2.24, 2.45) is 0 Å². The molecule has 2 nitrogen and oxygen atoms in total. The minimum atomic E-state index is -1.57. The van der Waals surface area contributed by atoms with Gasteiger partial charge in [0.15, 0.2) is 0 Å². The minimum Gasteiger partial charge on any atom is -0.496 e. The van der Waals surface area contributed by atoms with Gasteiger partial charge < -0.3 is 9.47 Å². The van der Waals surface area contributed by atoms with Gasteiger partial charge in [0.25, 0.3) is 0 Å². The molecular formula is C12H13Cl3O2. The Morgan fingerprint density at radius 1 is 1.35 bits per heavy atom. The van der Waals surface area contributed by atoms with E-state index in [0.29, 0.717) is 11.3 Å². The van der Waals surface area contributed by atoms with Crippen LogP contribution in [-0.4, -0.2) is 17.5 Å². The van der Waals surface area contributed by atoms with Gasteiger partial charge >= 0.3 is 0 Å². The Morgan fingerprint density at radius 3 is 2.53 bits per heavy atom. The molecule has 0 bridgehead atoms. The van der Waals surface area contributed by atoms with Gasteiger partial charge in [-0.1, -0.05) is 59.1 Å². The van der Waals surface area contributed by atoms with Crippen molar-refractivity contribution in [1.29, 1.82) is 0 Å². The third-order valence-electron chi connectivity index (χ3n) is 2.10. The van der Waals surface area contributed by atoms with E-state index in [4.69, 9.17) is 44.3 Å². The highest BCUT2D eigenvalue weighted by Crippen LogP contribution is 2.44. The van der Waals surface area contributed by atoms with E-state index in [1.807, 2.05) is 12.1 Å². The molecule has 0 saturated carbocycles. The van der Waals surface area contributed by atoms with Gasteiger partial charge in [0.1, 0.15) is 11.9 Å². The zero-order chi connectivity index (χ0) is 12.9. The van der Waals surface area contributed by atoms with Crippen LogP contribution in [0.15, 0.2) is 36.9 Å². The fraction of sp³-hybridized carbons (Fsp3) is 0.333. The van der Waals surface area contributed by atoms with Gasteiger partial charge in [-0.25, -0.2) is 0 Å². The lowest BCUT2D eigenvalue weighted by molar-refractivity contribution is 0.0752. The molecule has 1 rings (SSSR count). The Morgan fingerprint density at radius 2 is 2.00 bits per heavy atom. The first-order chi connectivity index (χ1) is 8.00. The molecule has 0 N–H and O–H groups in total. The molecule has 1 atom stereocenters. The maximum Gasteiger partial charge on any atom is 0.220 e. The monoisotopic (exact) mass is 294 g/mol. The van der Waals surface area contributed by atoms with Crippen molar-refractivity contribution in [3.8, 4) is 5.75 Å². The highest BCUT2D eigenvalue weighted by atomic mass is 35.6. The zero-order valence-electron chi connectivity index (χ0n) is 9.33. The van der Waals surface area contributed by atoms with Crippen LogP contribution in [0.4, 0.5) is 0 Å². The van der Waals surface area contributed by atoms with E-state index >= 15 is 0 Å². The van der Waals surface area contributed by atoms with E-state index in [9.17, 15) is 0 Å². The molecule has 0 amide bonds. The average Bonchev–Trinajstić information content (AvgIpc) is 2.28. The van der Waals surface area contributed by atoms with Crippen molar-refractivity contribution >= 4 is 34.8 Å². The van der Waals surface area contributed by atoms with Crippen LogP contribution in [0.2, 0.25) is 0 Å². The first-order valence-electron chi connectivity index (χ1n) is 4.92. The lowest BCUT2D eigenvalue weighted by Crippen LogP contribution is -2.21. The van der Waals surface area contributed by atoms with Gasteiger partial charge in [0.05, 0.1) is 13.7 Å². The van der Waals surface area contributed by atoms with Gasteiger partial charge in [-0.05, 0) is 6.07 Å². The van der Waals surface area contributed by atoms with Gasteiger partial charge in [-0.2, -0.15) is 0 Å². The summed E-state index contributed by atoms with van der Waals surface area (Å²) in [6.45, 7) is 3.85. The molecule has 0 spiro atoms.